The van der Waals surface area contributed by atoms with Crippen LogP contribution in [-0.2, 0) is 0 Å². The number of halogens is 1. The lowest BCUT2D eigenvalue weighted by atomic mass is 10.1. The fraction of sp³-hybridized carbons (Fsp3) is 0.294. The van der Waals surface area contributed by atoms with Gasteiger partial charge in [-0.1, -0.05) is 11.6 Å². The Morgan fingerprint density at radius 2 is 1.88 bits per heavy atom. The molecule has 1 saturated heterocycles. The molecule has 6 nitrogen and oxygen atoms in total. The summed E-state index contributed by atoms with van der Waals surface area (Å²) in [6, 6.07) is 7.21. The minimum atomic E-state index is 0.00813. The summed E-state index contributed by atoms with van der Waals surface area (Å²) in [5, 5.41) is 0.632. The summed E-state index contributed by atoms with van der Waals surface area (Å²) in [6.07, 6.45) is 3.37. The van der Waals surface area contributed by atoms with E-state index in [9.17, 15) is 4.79 Å². The fourth-order valence-corrected chi connectivity index (χ4v) is 3.23. The van der Waals surface area contributed by atoms with Crippen molar-refractivity contribution in [3.8, 4) is 11.5 Å². The molecule has 0 spiro atoms. The van der Waals surface area contributed by atoms with Crippen LogP contribution in [0, 0.1) is 0 Å². The van der Waals surface area contributed by atoms with Crippen LogP contribution in [0.3, 0.4) is 0 Å². The number of pyridine rings is 1. The van der Waals surface area contributed by atoms with Gasteiger partial charge in [0.1, 0.15) is 0 Å². The Hall–Kier alpha value is -2.47. The Balaban J connectivity index is 1.44. The fourth-order valence-electron chi connectivity index (χ4n) is 2.99. The average Bonchev–Trinajstić information content (AvgIpc) is 3.09. The molecule has 124 valence electrons. The number of nitrogens with zero attached hydrogens (tertiary/aromatic N) is 3. The van der Waals surface area contributed by atoms with Crippen molar-refractivity contribution in [2.75, 3.05) is 37.9 Å². The Bertz CT molecular complexity index is 775. The summed E-state index contributed by atoms with van der Waals surface area (Å²) in [5.74, 6) is 1.32. The summed E-state index contributed by atoms with van der Waals surface area (Å²) in [5.41, 5.74) is 1.58. The molecule has 1 amide bonds. The van der Waals surface area contributed by atoms with Crippen LogP contribution in [0.25, 0.3) is 0 Å². The highest BCUT2D eigenvalue weighted by molar-refractivity contribution is 6.33. The molecule has 0 radical (unpaired) electrons. The van der Waals surface area contributed by atoms with Gasteiger partial charge in [0.2, 0.25) is 6.79 Å². The number of ether oxygens (including phenoxy) is 2. The van der Waals surface area contributed by atoms with Crippen molar-refractivity contribution in [2.45, 2.75) is 0 Å². The highest BCUT2D eigenvalue weighted by Gasteiger charge is 2.25. The molecule has 4 rings (SSSR count). The van der Waals surface area contributed by atoms with Gasteiger partial charge in [0, 0.05) is 44.1 Å². The zero-order valence-electron chi connectivity index (χ0n) is 12.9. The number of hydrogen-bond acceptors (Lipinski definition) is 5. The van der Waals surface area contributed by atoms with Crippen LogP contribution in [0.4, 0.5) is 5.69 Å². The molecular formula is C17H16ClN3O3. The lowest BCUT2D eigenvalue weighted by Gasteiger charge is -2.36. The van der Waals surface area contributed by atoms with Gasteiger partial charge >= 0.3 is 0 Å². The second kappa shape index (κ2) is 6.20. The monoisotopic (exact) mass is 345 g/mol. The summed E-state index contributed by atoms with van der Waals surface area (Å²) in [7, 11) is 0. The summed E-state index contributed by atoms with van der Waals surface area (Å²) >= 11 is 6.20. The number of carbonyl (C=O) groups excluding carboxylic acids is 1. The molecule has 2 aliphatic heterocycles. The summed E-state index contributed by atoms with van der Waals surface area (Å²) in [4.78, 5) is 20.7. The second-order valence-electron chi connectivity index (χ2n) is 5.67. The summed E-state index contributed by atoms with van der Waals surface area (Å²) < 4.78 is 10.6. The van der Waals surface area contributed by atoms with Gasteiger partial charge < -0.3 is 19.3 Å². The van der Waals surface area contributed by atoms with E-state index < -0.39 is 0 Å². The smallest absolute Gasteiger partial charge is 0.254 e. The van der Waals surface area contributed by atoms with Crippen molar-refractivity contribution in [2.24, 2.45) is 0 Å². The number of piperazine rings is 1. The van der Waals surface area contributed by atoms with E-state index in [4.69, 9.17) is 21.1 Å². The maximum atomic E-state index is 12.7. The van der Waals surface area contributed by atoms with Crippen LogP contribution in [0.5, 0.6) is 11.5 Å². The van der Waals surface area contributed by atoms with E-state index in [1.54, 1.807) is 30.6 Å². The molecule has 0 bridgehead atoms. The second-order valence-corrected chi connectivity index (χ2v) is 6.08. The molecule has 0 aliphatic carbocycles. The van der Waals surface area contributed by atoms with Gasteiger partial charge in [-0.3, -0.25) is 9.78 Å². The van der Waals surface area contributed by atoms with Gasteiger partial charge in [0.05, 0.1) is 10.7 Å². The van der Waals surface area contributed by atoms with Crippen LogP contribution >= 0.6 is 11.6 Å². The average molecular weight is 346 g/mol. The van der Waals surface area contributed by atoms with Gasteiger partial charge in [0.25, 0.3) is 5.91 Å². The van der Waals surface area contributed by atoms with Crippen molar-refractivity contribution < 1.29 is 14.3 Å². The molecular weight excluding hydrogens is 330 g/mol. The van der Waals surface area contributed by atoms with E-state index in [0.717, 1.165) is 18.8 Å². The van der Waals surface area contributed by atoms with Gasteiger partial charge in [-0.05, 0) is 24.3 Å². The lowest BCUT2D eigenvalue weighted by Crippen LogP contribution is -2.48. The minimum Gasteiger partial charge on any atom is -0.454 e. The van der Waals surface area contributed by atoms with Crippen molar-refractivity contribution in [3.63, 3.8) is 0 Å². The maximum Gasteiger partial charge on any atom is 0.254 e. The van der Waals surface area contributed by atoms with E-state index in [0.29, 0.717) is 35.2 Å². The predicted octanol–water partition coefficient (Wildman–Crippen LogP) is 2.43. The molecule has 1 aromatic heterocycles. The summed E-state index contributed by atoms with van der Waals surface area (Å²) in [6.45, 7) is 2.97. The molecule has 7 heteroatoms. The molecule has 2 aromatic rings. The topological polar surface area (TPSA) is 54.9 Å². The van der Waals surface area contributed by atoms with Crippen LogP contribution in [0.1, 0.15) is 10.4 Å². The molecule has 1 aromatic carbocycles. The van der Waals surface area contributed by atoms with Gasteiger partial charge in [-0.15, -0.1) is 0 Å². The number of amides is 1. The molecule has 0 saturated carbocycles. The quantitative estimate of drug-likeness (QED) is 0.836. The Morgan fingerprint density at radius 1 is 1.08 bits per heavy atom. The molecule has 0 atom stereocenters. The zero-order valence-corrected chi connectivity index (χ0v) is 13.7. The van der Waals surface area contributed by atoms with Crippen molar-refractivity contribution in [1.82, 2.24) is 9.88 Å². The van der Waals surface area contributed by atoms with Crippen molar-refractivity contribution in [3.05, 3.63) is 47.2 Å². The largest absolute Gasteiger partial charge is 0.454 e. The Labute approximate surface area is 144 Å². The van der Waals surface area contributed by atoms with E-state index in [1.165, 1.54) is 0 Å². The third kappa shape index (κ3) is 2.73. The number of fused-ring (bicyclic) bond motifs is 1. The number of anilines is 1. The zero-order chi connectivity index (χ0) is 16.5. The SMILES string of the molecule is O=C(c1ccc2c(c1)OCO2)N1CCN(c2ccncc2Cl)CC1. The van der Waals surface area contributed by atoms with Gasteiger partial charge in [-0.2, -0.15) is 0 Å². The number of aromatic nitrogens is 1. The van der Waals surface area contributed by atoms with E-state index >= 15 is 0 Å². The van der Waals surface area contributed by atoms with E-state index in [1.807, 2.05) is 11.0 Å². The molecule has 2 aliphatic rings. The Kier molecular flexibility index (Phi) is 3.90. The Morgan fingerprint density at radius 3 is 2.67 bits per heavy atom. The molecule has 1 fully saturated rings. The van der Waals surface area contributed by atoms with Crippen LogP contribution in [0.15, 0.2) is 36.7 Å². The maximum absolute atomic E-state index is 12.7. The predicted molar refractivity (Wildman–Crippen MR) is 89.9 cm³/mol. The van der Waals surface area contributed by atoms with Crippen molar-refractivity contribution >= 4 is 23.2 Å². The molecule has 24 heavy (non-hydrogen) atoms. The normalized spacial score (nSPS) is 16.4. The highest BCUT2D eigenvalue weighted by Crippen LogP contribution is 2.33. The van der Waals surface area contributed by atoms with E-state index in [-0.39, 0.29) is 12.7 Å². The first-order chi connectivity index (χ1) is 11.7. The van der Waals surface area contributed by atoms with Gasteiger partial charge in [0.15, 0.2) is 11.5 Å². The van der Waals surface area contributed by atoms with Crippen LogP contribution in [-0.4, -0.2) is 48.8 Å². The number of rotatable bonds is 2. The molecule has 0 unspecified atom stereocenters. The van der Waals surface area contributed by atoms with Crippen LogP contribution in [0.2, 0.25) is 5.02 Å². The highest BCUT2D eigenvalue weighted by atomic mass is 35.5. The first-order valence-corrected chi connectivity index (χ1v) is 8.13. The third-order valence-electron chi connectivity index (χ3n) is 4.28. The number of benzene rings is 1. The minimum absolute atomic E-state index is 0.00813. The molecule has 3 heterocycles. The first-order valence-electron chi connectivity index (χ1n) is 7.76. The van der Waals surface area contributed by atoms with Crippen LogP contribution < -0.4 is 14.4 Å². The number of hydrogen-bond donors (Lipinski definition) is 0. The van der Waals surface area contributed by atoms with Crippen molar-refractivity contribution in [1.29, 1.82) is 0 Å². The lowest BCUT2D eigenvalue weighted by molar-refractivity contribution is 0.0746. The number of carbonyl (C=O) groups is 1. The molecule has 0 N–H and O–H groups in total. The van der Waals surface area contributed by atoms with Gasteiger partial charge in [-0.25, -0.2) is 0 Å². The third-order valence-corrected chi connectivity index (χ3v) is 4.57. The first kappa shape index (κ1) is 15.1. The standard InChI is InChI=1S/C17H16ClN3O3/c18-13-10-19-4-3-14(13)20-5-7-21(8-6-20)17(22)12-1-2-15-16(9-12)24-11-23-15/h1-4,9-10H,5-8,11H2. The van der Waals surface area contributed by atoms with E-state index in [2.05, 4.69) is 9.88 Å².